The first-order valence-corrected chi connectivity index (χ1v) is 11.3. The Balaban J connectivity index is 1.75. The SMILES string of the molecule is CS(=O)(=O)N(CCC(=O)NCCc1ccc(S(N)(=O)=O)cc1)C1CC1. The van der Waals surface area contributed by atoms with Crippen LogP contribution in [0.3, 0.4) is 0 Å². The molecule has 140 valence electrons. The third-order valence-electron chi connectivity index (χ3n) is 3.93. The van der Waals surface area contributed by atoms with E-state index in [1.807, 2.05) is 0 Å². The largest absolute Gasteiger partial charge is 0.356 e. The number of amides is 1. The van der Waals surface area contributed by atoms with Gasteiger partial charge in [-0.15, -0.1) is 0 Å². The van der Waals surface area contributed by atoms with Crippen molar-refractivity contribution in [3.8, 4) is 0 Å². The van der Waals surface area contributed by atoms with E-state index in [9.17, 15) is 21.6 Å². The second-order valence-electron chi connectivity index (χ2n) is 6.14. The number of nitrogens with zero attached hydrogens (tertiary/aromatic N) is 1. The van der Waals surface area contributed by atoms with Gasteiger partial charge in [0.05, 0.1) is 11.2 Å². The molecule has 0 bridgehead atoms. The molecule has 0 atom stereocenters. The monoisotopic (exact) mass is 389 g/mol. The molecule has 10 heteroatoms. The van der Waals surface area contributed by atoms with Crippen LogP contribution in [0.1, 0.15) is 24.8 Å². The van der Waals surface area contributed by atoms with Gasteiger partial charge < -0.3 is 5.32 Å². The van der Waals surface area contributed by atoms with Crippen molar-refractivity contribution in [3.05, 3.63) is 29.8 Å². The Bertz CT molecular complexity index is 815. The summed E-state index contributed by atoms with van der Waals surface area (Å²) in [5, 5.41) is 7.77. The summed E-state index contributed by atoms with van der Waals surface area (Å²) in [6.07, 6.45) is 3.52. The van der Waals surface area contributed by atoms with E-state index in [-0.39, 0.29) is 29.8 Å². The van der Waals surface area contributed by atoms with Crippen molar-refractivity contribution >= 4 is 26.0 Å². The zero-order valence-electron chi connectivity index (χ0n) is 14.0. The molecule has 0 spiro atoms. The van der Waals surface area contributed by atoms with E-state index in [4.69, 9.17) is 5.14 Å². The molecule has 1 amide bonds. The Kier molecular flexibility index (Phi) is 6.20. The topological polar surface area (TPSA) is 127 Å². The quantitative estimate of drug-likeness (QED) is 0.605. The first kappa shape index (κ1) is 19.8. The number of nitrogens with two attached hydrogens (primary N) is 1. The van der Waals surface area contributed by atoms with Gasteiger partial charge in [-0.3, -0.25) is 4.79 Å². The average Bonchev–Trinajstić information content (AvgIpc) is 3.30. The Morgan fingerprint density at radius 3 is 2.28 bits per heavy atom. The molecule has 1 fully saturated rings. The van der Waals surface area contributed by atoms with Crippen molar-refractivity contribution in [2.45, 2.75) is 36.6 Å². The molecule has 3 N–H and O–H groups in total. The van der Waals surface area contributed by atoms with Gasteiger partial charge in [0.2, 0.25) is 26.0 Å². The summed E-state index contributed by atoms with van der Waals surface area (Å²) in [4.78, 5) is 11.9. The number of nitrogens with one attached hydrogen (secondary N) is 1. The lowest BCUT2D eigenvalue weighted by molar-refractivity contribution is -0.121. The molecule has 1 aliphatic rings. The van der Waals surface area contributed by atoms with E-state index < -0.39 is 20.0 Å². The van der Waals surface area contributed by atoms with E-state index in [1.54, 1.807) is 12.1 Å². The smallest absolute Gasteiger partial charge is 0.238 e. The molecule has 0 radical (unpaired) electrons. The van der Waals surface area contributed by atoms with Crippen LogP contribution < -0.4 is 10.5 Å². The molecule has 0 heterocycles. The highest BCUT2D eigenvalue weighted by Gasteiger charge is 2.34. The predicted octanol–water partition coefficient (Wildman–Crippen LogP) is -0.193. The summed E-state index contributed by atoms with van der Waals surface area (Å²) >= 11 is 0. The van der Waals surface area contributed by atoms with Crippen LogP contribution in [0.5, 0.6) is 0 Å². The molecule has 0 aliphatic heterocycles. The number of hydrogen-bond acceptors (Lipinski definition) is 5. The molecule has 0 saturated heterocycles. The van der Waals surface area contributed by atoms with Crippen LogP contribution in [0.15, 0.2) is 29.2 Å². The minimum absolute atomic E-state index is 0.0418. The van der Waals surface area contributed by atoms with E-state index in [1.165, 1.54) is 16.4 Å². The second kappa shape index (κ2) is 7.81. The van der Waals surface area contributed by atoms with Crippen molar-refractivity contribution in [3.63, 3.8) is 0 Å². The van der Waals surface area contributed by atoms with Crippen molar-refractivity contribution in [2.75, 3.05) is 19.3 Å². The fraction of sp³-hybridized carbons (Fsp3) is 0.533. The normalized spacial score (nSPS) is 15.3. The van der Waals surface area contributed by atoms with Crippen molar-refractivity contribution in [2.24, 2.45) is 5.14 Å². The van der Waals surface area contributed by atoms with Gasteiger partial charge in [0, 0.05) is 25.6 Å². The van der Waals surface area contributed by atoms with Crippen LogP contribution in [0.25, 0.3) is 0 Å². The minimum Gasteiger partial charge on any atom is -0.356 e. The van der Waals surface area contributed by atoms with Gasteiger partial charge in [-0.1, -0.05) is 12.1 Å². The second-order valence-corrected chi connectivity index (χ2v) is 9.64. The van der Waals surface area contributed by atoms with Crippen LogP contribution in [-0.2, 0) is 31.3 Å². The molecule has 8 nitrogen and oxygen atoms in total. The van der Waals surface area contributed by atoms with Gasteiger partial charge in [0.15, 0.2) is 0 Å². The number of sulfonamides is 2. The summed E-state index contributed by atoms with van der Waals surface area (Å²) < 4.78 is 47.1. The third kappa shape index (κ3) is 6.38. The maximum absolute atomic E-state index is 11.9. The molecule has 2 rings (SSSR count). The summed E-state index contributed by atoms with van der Waals surface area (Å²) in [6, 6.07) is 6.17. The van der Waals surface area contributed by atoms with Crippen molar-refractivity contribution < 1.29 is 21.6 Å². The highest BCUT2D eigenvalue weighted by Crippen LogP contribution is 2.28. The summed E-state index contributed by atoms with van der Waals surface area (Å²) in [6.45, 7) is 0.578. The molecule has 1 aliphatic carbocycles. The molecule has 1 aromatic carbocycles. The van der Waals surface area contributed by atoms with E-state index in [0.29, 0.717) is 13.0 Å². The lowest BCUT2D eigenvalue weighted by atomic mass is 10.1. The lowest BCUT2D eigenvalue weighted by Crippen LogP contribution is -2.36. The standard InChI is InChI=1S/C15H23N3O5S2/c1-24(20,21)18(13-4-5-13)11-9-15(19)17-10-8-12-2-6-14(7-3-12)25(16,22)23/h2-3,6-7,13H,4-5,8-11H2,1H3,(H,17,19)(H2,16,22,23). The van der Waals surface area contributed by atoms with Gasteiger partial charge >= 0.3 is 0 Å². The van der Waals surface area contributed by atoms with Crippen LogP contribution in [0.4, 0.5) is 0 Å². The Morgan fingerprint density at radius 2 is 1.80 bits per heavy atom. The highest BCUT2D eigenvalue weighted by molar-refractivity contribution is 7.89. The fourth-order valence-corrected chi connectivity index (χ4v) is 4.16. The van der Waals surface area contributed by atoms with Crippen molar-refractivity contribution in [1.29, 1.82) is 0 Å². The fourth-order valence-electron chi connectivity index (χ4n) is 2.47. The molecule has 0 unspecified atom stereocenters. The molecular weight excluding hydrogens is 366 g/mol. The van der Waals surface area contributed by atoms with Gasteiger partial charge in [0.25, 0.3) is 0 Å². The van der Waals surface area contributed by atoms with Crippen molar-refractivity contribution in [1.82, 2.24) is 9.62 Å². The number of primary sulfonamides is 1. The maximum atomic E-state index is 11.9. The zero-order valence-corrected chi connectivity index (χ0v) is 15.6. The Morgan fingerprint density at radius 1 is 1.20 bits per heavy atom. The van der Waals surface area contributed by atoms with E-state index in [0.717, 1.165) is 24.7 Å². The predicted molar refractivity (Wildman–Crippen MR) is 93.7 cm³/mol. The first-order chi connectivity index (χ1) is 11.6. The van der Waals surface area contributed by atoms with Gasteiger partial charge in [0.1, 0.15) is 0 Å². The summed E-state index contributed by atoms with van der Waals surface area (Å²) in [7, 11) is -6.99. The van der Waals surface area contributed by atoms with Crippen LogP contribution in [0.2, 0.25) is 0 Å². The molecule has 1 saturated carbocycles. The molecule has 1 aromatic rings. The molecule has 0 aromatic heterocycles. The third-order valence-corrected chi connectivity index (χ3v) is 6.19. The maximum Gasteiger partial charge on any atom is 0.238 e. The van der Waals surface area contributed by atoms with Gasteiger partial charge in [-0.25, -0.2) is 22.0 Å². The average molecular weight is 389 g/mol. The number of rotatable bonds is 9. The van der Waals surface area contributed by atoms with Crippen LogP contribution >= 0.6 is 0 Å². The molecular formula is C15H23N3O5S2. The number of carbonyl (C=O) groups is 1. The van der Waals surface area contributed by atoms with Gasteiger partial charge in [-0.2, -0.15) is 4.31 Å². The first-order valence-electron chi connectivity index (χ1n) is 7.92. The minimum atomic E-state index is -3.71. The zero-order chi connectivity index (χ0) is 18.7. The highest BCUT2D eigenvalue weighted by atomic mass is 32.2. The number of carbonyl (C=O) groups excluding carboxylic acids is 1. The summed E-state index contributed by atoms with van der Waals surface area (Å²) in [5.41, 5.74) is 0.864. The van der Waals surface area contributed by atoms with Crippen LogP contribution in [-0.4, -0.2) is 52.4 Å². The lowest BCUT2D eigenvalue weighted by Gasteiger charge is -2.18. The summed E-state index contributed by atoms with van der Waals surface area (Å²) in [5.74, 6) is -0.213. The number of hydrogen-bond donors (Lipinski definition) is 2. The van der Waals surface area contributed by atoms with Gasteiger partial charge in [-0.05, 0) is 37.0 Å². The van der Waals surface area contributed by atoms with E-state index in [2.05, 4.69) is 5.32 Å². The van der Waals surface area contributed by atoms with E-state index >= 15 is 0 Å². The Labute approximate surface area is 148 Å². The molecule has 25 heavy (non-hydrogen) atoms. The van der Waals surface area contributed by atoms with Crippen LogP contribution in [0, 0.1) is 0 Å². The number of benzene rings is 1. The Hall–Kier alpha value is -1.49.